The van der Waals surface area contributed by atoms with Crippen molar-refractivity contribution in [1.82, 2.24) is 4.90 Å². The van der Waals surface area contributed by atoms with Gasteiger partial charge in [-0.2, -0.15) is 0 Å². The van der Waals surface area contributed by atoms with Gasteiger partial charge in [-0.15, -0.1) is 0 Å². The molecule has 2 amide bonds. The molecule has 2 N–H and O–H groups in total. The molecule has 0 aromatic heterocycles. The van der Waals surface area contributed by atoms with E-state index in [2.05, 4.69) is 6.08 Å². The van der Waals surface area contributed by atoms with Crippen LogP contribution in [0.25, 0.3) is 0 Å². The molecule has 1 heterocycles. The highest BCUT2D eigenvalue weighted by molar-refractivity contribution is 5.99. The number of imide groups is 1. The summed E-state index contributed by atoms with van der Waals surface area (Å²) in [6, 6.07) is -1.23. The van der Waals surface area contributed by atoms with E-state index >= 15 is 0 Å². The summed E-state index contributed by atoms with van der Waals surface area (Å²) in [6.07, 6.45) is 4.13. The van der Waals surface area contributed by atoms with Crippen molar-refractivity contribution in [1.29, 1.82) is 0 Å². The SMILES string of the molecule is O=C(O)C1CC(CC2=CCCC2)C(=O)N1C(=O)O. The molecule has 1 saturated heterocycles. The minimum atomic E-state index is -1.48. The Morgan fingerprint density at radius 3 is 2.56 bits per heavy atom. The van der Waals surface area contributed by atoms with Crippen molar-refractivity contribution in [2.75, 3.05) is 0 Å². The minimum absolute atomic E-state index is 0.0812. The summed E-state index contributed by atoms with van der Waals surface area (Å²) in [4.78, 5) is 34.3. The zero-order valence-electron chi connectivity index (χ0n) is 9.83. The van der Waals surface area contributed by atoms with Gasteiger partial charge in [0.05, 0.1) is 0 Å². The van der Waals surface area contributed by atoms with E-state index in [-0.39, 0.29) is 6.42 Å². The van der Waals surface area contributed by atoms with E-state index in [4.69, 9.17) is 10.2 Å². The van der Waals surface area contributed by atoms with Crippen molar-refractivity contribution in [2.45, 2.75) is 38.1 Å². The molecule has 1 aliphatic heterocycles. The number of allylic oxidation sites excluding steroid dienone is 2. The second kappa shape index (κ2) is 4.80. The van der Waals surface area contributed by atoms with Gasteiger partial charge in [0.15, 0.2) is 0 Å². The molecule has 0 aromatic carbocycles. The zero-order valence-corrected chi connectivity index (χ0v) is 9.83. The van der Waals surface area contributed by atoms with Gasteiger partial charge in [-0.25, -0.2) is 14.5 Å². The van der Waals surface area contributed by atoms with Gasteiger partial charge in [0.2, 0.25) is 5.91 Å². The van der Waals surface area contributed by atoms with Gasteiger partial charge >= 0.3 is 12.1 Å². The summed E-state index contributed by atoms with van der Waals surface area (Å²) in [5.74, 6) is -2.34. The van der Waals surface area contributed by atoms with Crippen LogP contribution in [0.1, 0.15) is 32.1 Å². The van der Waals surface area contributed by atoms with E-state index < -0.39 is 29.9 Å². The Bertz CT molecular complexity index is 428. The number of rotatable bonds is 3. The molecule has 2 aliphatic rings. The highest BCUT2D eigenvalue weighted by Crippen LogP contribution is 2.33. The van der Waals surface area contributed by atoms with Crippen LogP contribution in [0.4, 0.5) is 4.79 Å². The molecular formula is C12H15NO5. The Balaban J connectivity index is 2.12. The molecule has 6 heteroatoms. The van der Waals surface area contributed by atoms with Crippen LogP contribution >= 0.6 is 0 Å². The van der Waals surface area contributed by atoms with Crippen molar-refractivity contribution >= 4 is 18.0 Å². The van der Waals surface area contributed by atoms with Gasteiger partial charge in [-0.1, -0.05) is 11.6 Å². The maximum absolute atomic E-state index is 11.9. The number of hydrogen-bond acceptors (Lipinski definition) is 3. The third-order valence-corrected chi connectivity index (χ3v) is 3.54. The number of aliphatic carboxylic acids is 1. The molecule has 0 saturated carbocycles. The van der Waals surface area contributed by atoms with E-state index in [1.165, 1.54) is 0 Å². The lowest BCUT2D eigenvalue weighted by molar-refractivity contribution is -0.145. The molecule has 0 spiro atoms. The van der Waals surface area contributed by atoms with Crippen LogP contribution in [0.2, 0.25) is 0 Å². The maximum Gasteiger partial charge on any atom is 0.414 e. The van der Waals surface area contributed by atoms with Crippen molar-refractivity contribution in [3.05, 3.63) is 11.6 Å². The van der Waals surface area contributed by atoms with Crippen molar-refractivity contribution < 1.29 is 24.6 Å². The number of nitrogens with zero attached hydrogens (tertiary/aromatic N) is 1. The molecule has 0 radical (unpaired) electrons. The van der Waals surface area contributed by atoms with Crippen LogP contribution in [-0.4, -0.2) is 39.1 Å². The third-order valence-electron chi connectivity index (χ3n) is 3.54. The Morgan fingerprint density at radius 1 is 1.39 bits per heavy atom. The third kappa shape index (κ3) is 2.23. The maximum atomic E-state index is 11.9. The Labute approximate surface area is 104 Å². The molecule has 98 valence electrons. The van der Waals surface area contributed by atoms with Crippen LogP contribution in [0.15, 0.2) is 11.6 Å². The van der Waals surface area contributed by atoms with Crippen LogP contribution < -0.4 is 0 Å². The largest absolute Gasteiger partial charge is 0.480 e. The Morgan fingerprint density at radius 2 is 2.11 bits per heavy atom. The first-order valence-corrected chi connectivity index (χ1v) is 5.97. The summed E-state index contributed by atoms with van der Waals surface area (Å²) in [7, 11) is 0. The normalized spacial score (nSPS) is 27.4. The zero-order chi connectivity index (χ0) is 13.3. The molecule has 0 bridgehead atoms. The summed E-state index contributed by atoms with van der Waals surface area (Å²) < 4.78 is 0. The summed E-state index contributed by atoms with van der Waals surface area (Å²) in [6.45, 7) is 0. The minimum Gasteiger partial charge on any atom is -0.480 e. The standard InChI is InChI=1S/C12H15NO5/c14-10-8(5-7-3-1-2-4-7)6-9(11(15)16)13(10)12(17)18/h3,8-9H,1-2,4-6H2,(H,15,16)(H,17,18). The second-order valence-electron chi connectivity index (χ2n) is 4.74. The van der Waals surface area contributed by atoms with Gasteiger partial charge in [-0.05, 0) is 32.1 Å². The molecule has 1 fully saturated rings. The first-order chi connectivity index (χ1) is 8.50. The van der Waals surface area contributed by atoms with Crippen molar-refractivity contribution in [3.63, 3.8) is 0 Å². The van der Waals surface area contributed by atoms with Crippen molar-refractivity contribution in [3.8, 4) is 0 Å². The Kier molecular flexibility index (Phi) is 3.36. The molecule has 18 heavy (non-hydrogen) atoms. The van der Waals surface area contributed by atoms with Crippen LogP contribution in [-0.2, 0) is 9.59 Å². The molecule has 1 aliphatic carbocycles. The highest BCUT2D eigenvalue weighted by atomic mass is 16.4. The van der Waals surface area contributed by atoms with E-state index in [0.29, 0.717) is 11.3 Å². The number of carboxylic acids is 1. The van der Waals surface area contributed by atoms with Crippen LogP contribution in [0, 0.1) is 5.92 Å². The predicted octanol–water partition coefficient (Wildman–Crippen LogP) is 1.47. The number of carbonyl (C=O) groups is 3. The second-order valence-corrected chi connectivity index (χ2v) is 4.74. The lowest BCUT2D eigenvalue weighted by Gasteiger charge is -2.15. The number of likely N-dealkylation sites (tertiary alicyclic amines) is 1. The average Bonchev–Trinajstić information content (AvgIpc) is 2.88. The molecule has 6 nitrogen and oxygen atoms in total. The van der Waals surface area contributed by atoms with E-state index in [1.54, 1.807) is 0 Å². The van der Waals surface area contributed by atoms with E-state index in [9.17, 15) is 14.4 Å². The van der Waals surface area contributed by atoms with E-state index in [1.807, 2.05) is 0 Å². The van der Waals surface area contributed by atoms with Gasteiger partial charge in [0.1, 0.15) is 6.04 Å². The smallest absolute Gasteiger partial charge is 0.414 e. The fourth-order valence-corrected chi connectivity index (χ4v) is 2.67. The number of carbonyl (C=O) groups excluding carboxylic acids is 1. The summed E-state index contributed by atoms with van der Waals surface area (Å²) in [5.41, 5.74) is 1.14. The fourth-order valence-electron chi connectivity index (χ4n) is 2.67. The average molecular weight is 253 g/mol. The lowest BCUT2D eigenvalue weighted by atomic mass is 9.96. The quantitative estimate of drug-likeness (QED) is 0.742. The van der Waals surface area contributed by atoms with Gasteiger partial charge in [0.25, 0.3) is 0 Å². The van der Waals surface area contributed by atoms with Gasteiger partial charge < -0.3 is 10.2 Å². The molecule has 2 unspecified atom stereocenters. The number of amides is 2. The fraction of sp³-hybridized carbons (Fsp3) is 0.583. The first-order valence-electron chi connectivity index (χ1n) is 5.97. The molecular weight excluding hydrogens is 238 g/mol. The number of hydrogen-bond donors (Lipinski definition) is 2. The van der Waals surface area contributed by atoms with Gasteiger partial charge in [-0.3, -0.25) is 4.79 Å². The summed E-state index contributed by atoms with van der Waals surface area (Å²) >= 11 is 0. The number of carboxylic acid groups (broad SMARTS) is 2. The van der Waals surface area contributed by atoms with Crippen LogP contribution in [0.3, 0.4) is 0 Å². The first kappa shape index (κ1) is 12.6. The highest BCUT2D eigenvalue weighted by Gasteiger charge is 2.46. The Hall–Kier alpha value is -1.85. The van der Waals surface area contributed by atoms with Crippen LogP contribution in [0.5, 0.6) is 0 Å². The van der Waals surface area contributed by atoms with Gasteiger partial charge in [0, 0.05) is 5.92 Å². The predicted molar refractivity (Wildman–Crippen MR) is 61.0 cm³/mol. The van der Waals surface area contributed by atoms with Crippen molar-refractivity contribution in [2.24, 2.45) is 5.92 Å². The molecule has 2 rings (SSSR count). The molecule has 2 atom stereocenters. The van der Waals surface area contributed by atoms with E-state index in [0.717, 1.165) is 24.8 Å². The monoisotopic (exact) mass is 253 g/mol. The topological polar surface area (TPSA) is 94.9 Å². The molecule has 0 aromatic rings. The summed E-state index contributed by atoms with van der Waals surface area (Å²) in [5, 5.41) is 17.9. The lowest BCUT2D eigenvalue weighted by Crippen LogP contribution is -2.42.